The molecule has 0 unspecified atom stereocenters. The number of carbonyl (C=O) groups excluding carboxylic acids is 1. The van der Waals surface area contributed by atoms with Crippen molar-refractivity contribution in [3.8, 4) is 11.5 Å². The van der Waals surface area contributed by atoms with Crippen LogP contribution in [0.3, 0.4) is 0 Å². The van der Waals surface area contributed by atoms with Crippen LogP contribution in [0.2, 0.25) is 0 Å². The molecular formula is C22H31N3O5S. The van der Waals surface area contributed by atoms with Gasteiger partial charge in [-0.25, -0.2) is 12.7 Å². The molecule has 2 aromatic rings. The lowest BCUT2D eigenvalue weighted by atomic mass is 10.1. The first-order valence-corrected chi connectivity index (χ1v) is 11.4. The number of benzene rings is 2. The molecule has 0 aliphatic carbocycles. The molecule has 0 heterocycles. The summed E-state index contributed by atoms with van der Waals surface area (Å²) in [4.78, 5) is 12.5. The number of nitrogens with zero attached hydrogens (tertiary/aromatic N) is 1. The standard InChI is InChI=1S/C22H31N3O5S/c1-16-14-20(29-5)15-17(2)22(16)31(27,28)25(4)12-10-21(26)24-18-6-8-19(9-7-18)30-13-11-23-3/h6-9,14-15,23H,10-13H2,1-5H3,(H,24,26). The highest BCUT2D eigenvalue weighted by molar-refractivity contribution is 7.89. The van der Waals surface area contributed by atoms with Crippen LogP contribution in [-0.4, -0.2) is 59.5 Å². The van der Waals surface area contributed by atoms with Crippen LogP contribution in [0.1, 0.15) is 17.5 Å². The Morgan fingerprint density at radius 1 is 1.06 bits per heavy atom. The number of likely N-dealkylation sites (N-methyl/N-ethyl adjacent to an activating group) is 1. The van der Waals surface area contributed by atoms with Gasteiger partial charge in [-0.15, -0.1) is 0 Å². The number of sulfonamides is 1. The Kier molecular flexibility index (Phi) is 8.85. The number of methoxy groups -OCH3 is 1. The highest BCUT2D eigenvalue weighted by atomic mass is 32.2. The van der Waals surface area contributed by atoms with Crippen molar-refractivity contribution in [3.05, 3.63) is 47.5 Å². The van der Waals surface area contributed by atoms with Crippen molar-refractivity contribution in [3.63, 3.8) is 0 Å². The van der Waals surface area contributed by atoms with Crippen molar-refractivity contribution in [2.75, 3.05) is 46.2 Å². The van der Waals surface area contributed by atoms with Gasteiger partial charge in [0.25, 0.3) is 0 Å². The monoisotopic (exact) mass is 449 g/mol. The van der Waals surface area contributed by atoms with Crippen molar-refractivity contribution in [1.29, 1.82) is 0 Å². The number of aryl methyl sites for hydroxylation is 2. The summed E-state index contributed by atoms with van der Waals surface area (Å²) in [6.45, 7) is 4.81. The van der Waals surface area contributed by atoms with Gasteiger partial charge in [-0.1, -0.05) is 0 Å². The molecule has 0 atom stereocenters. The molecule has 2 N–H and O–H groups in total. The van der Waals surface area contributed by atoms with Crippen LogP contribution in [-0.2, 0) is 14.8 Å². The average molecular weight is 450 g/mol. The maximum absolute atomic E-state index is 13.0. The molecule has 2 aromatic carbocycles. The van der Waals surface area contributed by atoms with Crippen LogP contribution in [0, 0.1) is 13.8 Å². The van der Waals surface area contributed by atoms with E-state index in [1.165, 1.54) is 18.5 Å². The minimum atomic E-state index is -3.73. The smallest absolute Gasteiger partial charge is 0.243 e. The topological polar surface area (TPSA) is 97.0 Å². The van der Waals surface area contributed by atoms with Gasteiger partial charge < -0.3 is 20.1 Å². The summed E-state index contributed by atoms with van der Waals surface area (Å²) in [5, 5.41) is 5.77. The Morgan fingerprint density at radius 3 is 2.23 bits per heavy atom. The summed E-state index contributed by atoms with van der Waals surface area (Å²) >= 11 is 0. The van der Waals surface area contributed by atoms with Crippen molar-refractivity contribution in [2.45, 2.75) is 25.2 Å². The Hall–Kier alpha value is -2.62. The largest absolute Gasteiger partial charge is 0.497 e. The Labute approximate surface area is 184 Å². The lowest BCUT2D eigenvalue weighted by molar-refractivity contribution is -0.116. The second-order valence-electron chi connectivity index (χ2n) is 7.19. The summed E-state index contributed by atoms with van der Waals surface area (Å²) in [5.74, 6) is 1.05. The van der Waals surface area contributed by atoms with Crippen LogP contribution in [0.15, 0.2) is 41.3 Å². The van der Waals surface area contributed by atoms with Crippen molar-refractivity contribution in [1.82, 2.24) is 9.62 Å². The number of anilines is 1. The van der Waals surface area contributed by atoms with Crippen LogP contribution in [0.25, 0.3) is 0 Å². The first-order chi connectivity index (χ1) is 14.7. The molecule has 0 fully saturated rings. The van der Waals surface area contributed by atoms with Crippen molar-refractivity contribution >= 4 is 21.6 Å². The molecule has 0 aliphatic heterocycles. The van der Waals surface area contributed by atoms with E-state index in [0.29, 0.717) is 34.9 Å². The number of hydrogen-bond acceptors (Lipinski definition) is 6. The van der Waals surface area contributed by atoms with Gasteiger partial charge in [0.05, 0.1) is 12.0 Å². The fourth-order valence-electron chi connectivity index (χ4n) is 3.10. The molecule has 8 nitrogen and oxygen atoms in total. The predicted molar refractivity (Wildman–Crippen MR) is 121 cm³/mol. The molecule has 0 radical (unpaired) electrons. The molecular weight excluding hydrogens is 418 g/mol. The minimum absolute atomic E-state index is 0.0321. The number of hydrogen-bond donors (Lipinski definition) is 2. The van der Waals surface area contributed by atoms with E-state index < -0.39 is 10.0 Å². The van der Waals surface area contributed by atoms with E-state index in [1.54, 1.807) is 50.2 Å². The first-order valence-electron chi connectivity index (χ1n) is 9.98. The van der Waals surface area contributed by atoms with E-state index in [-0.39, 0.29) is 23.8 Å². The fourth-order valence-corrected chi connectivity index (χ4v) is 4.67. The summed E-state index contributed by atoms with van der Waals surface area (Å²) in [6, 6.07) is 10.4. The molecule has 31 heavy (non-hydrogen) atoms. The van der Waals surface area contributed by atoms with E-state index in [4.69, 9.17) is 9.47 Å². The Balaban J connectivity index is 1.96. The number of amides is 1. The van der Waals surface area contributed by atoms with E-state index >= 15 is 0 Å². The van der Waals surface area contributed by atoms with E-state index in [1.807, 2.05) is 7.05 Å². The molecule has 2 rings (SSSR count). The fraction of sp³-hybridized carbons (Fsp3) is 0.409. The zero-order valence-corrected chi connectivity index (χ0v) is 19.5. The maximum Gasteiger partial charge on any atom is 0.243 e. The van der Waals surface area contributed by atoms with Crippen LogP contribution < -0.4 is 20.1 Å². The molecule has 170 valence electrons. The van der Waals surface area contributed by atoms with Gasteiger partial charge >= 0.3 is 0 Å². The third-order valence-corrected chi connectivity index (χ3v) is 6.91. The average Bonchev–Trinajstić information content (AvgIpc) is 2.72. The van der Waals surface area contributed by atoms with Crippen molar-refractivity contribution < 1.29 is 22.7 Å². The lowest BCUT2D eigenvalue weighted by Crippen LogP contribution is -2.31. The molecule has 0 saturated carbocycles. The number of ether oxygens (including phenoxy) is 2. The third-order valence-electron chi connectivity index (χ3n) is 4.75. The maximum atomic E-state index is 13.0. The zero-order chi connectivity index (χ0) is 23.0. The van der Waals surface area contributed by atoms with E-state index in [0.717, 1.165) is 6.54 Å². The SMILES string of the molecule is CNCCOc1ccc(NC(=O)CCN(C)S(=O)(=O)c2c(C)cc(OC)cc2C)cc1. The van der Waals surface area contributed by atoms with Gasteiger partial charge in [-0.3, -0.25) is 4.79 Å². The molecule has 0 bridgehead atoms. The van der Waals surface area contributed by atoms with Crippen LogP contribution in [0.4, 0.5) is 5.69 Å². The zero-order valence-electron chi connectivity index (χ0n) is 18.7. The van der Waals surface area contributed by atoms with Gasteiger partial charge in [-0.2, -0.15) is 0 Å². The van der Waals surface area contributed by atoms with Gasteiger partial charge in [0.2, 0.25) is 15.9 Å². The summed E-state index contributed by atoms with van der Waals surface area (Å²) in [5.41, 5.74) is 1.83. The lowest BCUT2D eigenvalue weighted by Gasteiger charge is -2.20. The molecule has 9 heteroatoms. The third kappa shape index (κ3) is 6.68. The quantitative estimate of drug-likeness (QED) is 0.512. The van der Waals surface area contributed by atoms with Gasteiger partial charge in [0.1, 0.15) is 18.1 Å². The molecule has 1 amide bonds. The van der Waals surface area contributed by atoms with Crippen LogP contribution in [0.5, 0.6) is 11.5 Å². The second kappa shape index (κ2) is 11.1. The predicted octanol–water partition coefficient (Wildman–Crippen LogP) is 2.56. The number of carbonyl (C=O) groups is 1. The van der Waals surface area contributed by atoms with Crippen LogP contribution >= 0.6 is 0 Å². The highest BCUT2D eigenvalue weighted by Gasteiger charge is 2.25. The first kappa shape index (κ1) is 24.6. The Morgan fingerprint density at radius 2 is 1.68 bits per heavy atom. The second-order valence-corrected chi connectivity index (χ2v) is 9.17. The Bertz CT molecular complexity index is 968. The molecule has 0 aromatic heterocycles. The van der Waals surface area contributed by atoms with Gasteiger partial charge in [0, 0.05) is 32.2 Å². The van der Waals surface area contributed by atoms with E-state index in [2.05, 4.69) is 10.6 Å². The summed E-state index contributed by atoms with van der Waals surface area (Å²) in [6.07, 6.45) is 0.0321. The normalized spacial score (nSPS) is 11.4. The molecule has 0 spiro atoms. The van der Waals surface area contributed by atoms with Gasteiger partial charge in [0.15, 0.2) is 0 Å². The summed E-state index contributed by atoms with van der Waals surface area (Å²) < 4.78 is 38.0. The van der Waals surface area contributed by atoms with E-state index in [9.17, 15) is 13.2 Å². The molecule has 0 aliphatic rings. The minimum Gasteiger partial charge on any atom is -0.497 e. The summed E-state index contributed by atoms with van der Waals surface area (Å²) in [7, 11) is 1.13. The van der Waals surface area contributed by atoms with Gasteiger partial charge in [-0.05, 0) is 68.4 Å². The highest BCUT2D eigenvalue weighted by Crippen LogP contribution is 2.27. The molecule has 0 saturated heterocycles. The number of rotatable bonds is 11. The van der Waals surface area contributed by atoms with Crippen molar-refractivity contribution in [2.24, 2.45) is 0 Å². The number of nitrogens with one attached hydrogen (secondary N) is 2.